The van der Waals surface area contributed by atoms with Gasteiger partial charge in [0.05, 0.1) is 84.2 Å². The van der Waals surface area contributed by atoms with Crippen LogP contribution in [0.25, 0.3) is 0 Å². The fourth-order valence-electron chi connectivity index (χ4n) is 8.36. The number of rotatable bonds is 58. The molecule has 8 N–H and O–H groups in total. The lowest BCUT2D eigenvalue weighted by Gasteiger charge is -2.07. The average Bonchev–Trinajstić information content (AvgIpc) is 1.79. The zero-order valence-electron chi connectivity index (χ0n) is 75.3. The molecule has 0 aliphatic rings. The number of imidazole rings is 4. The fourth-order valence-corrected chi connectivity index (χ4v) is 8.36. The maximum atomic E-state index is 11.9. The molecule has 4 heterocycles. The Morgan fingerprint density at radius 2 is 0.710 bits per heavy atom. The van der Waals surface area contributed by atoms with Crippen LogP contribution in [0.5, 0.6) is 0 Å². The Bertz CT molecular complexity index is 4130. The van der Waals surface area contributed by atoms with Gasteiger partial charge >= 0.3 is 71.6 Å². The average molecular weight is 2050 g/mol. The number of hydrogen-bond acceptors (Lipinski definition) is 33. The summed E-state index contributed by atoms with van der Waals surface area (Å²) < 4.78 is 64.6. The summed E-state index contributed by atoms with van der Waals surface area (Å²) >= 11 is 3.00. The quantitative estimate of drug-likeness (QED) is 0.00345. The highest BCUT2D eigenvalue weighted by Gasteiger charge is 2.16. The minimum Gasteiger partial charge on any atom is -1.00 e. The molecule has 0 bridgehead atoms. The molecular weight excluding hydrogens is 1920 g/mol. The van der Waals surface area contributed by atoms with Gasteiger partial charge in [-0.1, -0.05) is 55.4 Å². The first-order valence-corrected chi connectivity index (χ1v) is 41.9. The largest absolute Gasteiger partial charge is 1.00 e. The molecule has 4 aromatic rings. The highest BCUT2D eigenvalue weighted by Crippen LogP contribution is 2.04. The molecule has 0 aliphatic carbocycles. The van der Waals surface area contributed by atoms with E-state index < -0.39 is 65.7 Å². The van der Waals surface area contributed by atoms with Crippen molar-refractivity contribution in [3.63, 3.8) is 0 Å². The number of aryl methyl sites for hydroxylation is 4. The highest BCUT2D eigenvalue weighted by atomic mass is 79.9. The number of halogens is 3. The van der Waals surface area contributed by atoms with Crippen molar-refractivity contribution in [2.75, 3.05) is 124 Å². The number of carboxylic acids is 1. The van der Waals surface area contributed by atoms with Crippen LogP contribution in [-0.2, 0) is 168 Å². The number of alkyl halides is 1. The van der Waals surface area contributed by atoms with Gasteiger partial charge < -0.3 is 132 Å². The summed E-state index contributed by atoms with van der Waals surface area (Å²) in [5.74, 6) is -7.40. The molecule has 0 saturated heterocycles. The summed E-state index contributed by atoms with van der Waals surface area (Å²) in [7, 11) is 0. The van der Waals surface area contributed by atoms with Gasteiger partial charge in [-0.25, -0.2) is 66.8 Å². The fraction of sp³-hybridized carbons (Fsp3) is 0.529. The maximum Gasteiger partial charge on any atom is 0.333 e. The lowest BCUT2D eigenvalue weighted by Crippen LogP contribution is -3.00. The SMILES string of the molecule is C=C(C)C(=O)OCCCC(=O)OCCn1cc[n+](CCCNC(=O)CCC(=O)OCCOC(=O)C(=C)C)c1.C=C(C)C(=O)OCCN=C=O.C=C(C)C(=O)OCCOC(=O)CCC(=O)NCCC[n+]1ccn(CCO)c1.C=C(C)C(=O)OCCOC(=O)CCC(=O)NCCCn1ccnc1.C=C(C)C(=O)OCCOC(=O)CCC(=O)O.NCCCn1ccnc1.OCCBr.[Br-].[Br-]. The number of hydrogen-bond donors (Lipinski definition) is 7. The van der Waals surface area contributed by atoms with Gasteiger partial charge in [-0.3, -0.25) is 43.2 Å². The molecule has 0 spiro atoms. The molecule has 43 nitrogen and oxygen atoms in total. The number of aliphatic hydroxyl groups excluding tert-OH is 2. The number of amides is 3. The Kier molecular flexibility index (Phi) is 82.6. The van der Waals surface area contributed by atoms with Crippen LogP contribution in [0, 0.1) is 0 Å². The van der Waals surface area contributed by atoms with Crippen LogP contribution in [0.15, 0.2) is 153 Å². The molecule has 0 aliphatic heterocycles. The number of nitrogens with one attached hydrogen (secondary N) is 3. The molecule has 0 radical (unpaired) electrons. The third kappa shape index (κ3) is 81.0. The molecule has 0 aromatic carbocycles. The molecule has 4 rings (SSSR count). The minimum atomic E-state index is -1.06. The van der Waals surface area contributed by atoms with E-state index in [1.807, 2.05) is 77.2 Å². The van der Waals surface area contributed by atoms with Crippen LogP contribution in [0.1, 0.15) is 131 Å². The Morgan fingerprint density at radius 1 is 0.397 bits per heavy atom. The number of aliphatic imine (C=N–C) groups is 1. The van der Waals surface area contributed by atoms with Crippen LogP contribution in [0.3, 0.4) is 0 Å². The molecule has 4 aromatic heterocycles. The topological polar surface area (TPSA) is 563 Å². The number of aliphatic carboxylic acids is 1. The molecule has 0 fully saturated rings. The van der Waals surface area contributed by atoms with Gasteiger partial charge in [-0.2, -0.15) is 0 Å². The van der Waals surface area contributed by atoms with Gasteiger partial charge in [0.2, 0.25) is 36.5 Å². The van der Waals surface area contributed by atoms with Crippen LogP contribution in [0.2, 0.25) is 0 Å². The van der Waals surface area contributed by atoms with E-state index in [9.17, 15) is 76.7 Å². The van der Waals surface area contributed by atoms with Crippen LogP contribution in [0.4, 0.5) is 0 Å². The van der Waals surface area contributed by atoms with Crippen molar-refractivity contribution >= 4 is 111 Å². The van der Waals surface area contributed by atoms with Crippen molar-refractivity contribution in [2.24, 2.45) is 10.7 Å². The van der Waals surface area contributed by atoms with Gasteiger partial charge in [0.15, 0.2) is 0 Å². The van der Waals surface area contributed by atoms with E-state index in [2.05, 4.69) is 101 Å². The number of aliphatic hydroxyl groups is 2. The molecule has 46 heteroatoms. The number of esters is 11. The third-order valence-electron chi connectivity index (χ3n) is 14.9. The first kappa shape index (κ1) is 128. The molecule has 131 heavy (non-hydrogen) atoms. The summed E-state index contributed by atoms with van der Waals surface area (Å²) in [4.78, 5) is 189. The number of carboxylic acid groups (broad SMARTS) is 1. The predicted molar refractivity (Wildman–Crippen MR) is 464 cm³/mol. The normalized spacial score (nSPS) is 9.66. The zero-order valence-corrected chi connectivity index (χ0v) is 80.1. The molecule has 0 unspecified atom stereocenters. The first-order valence-electron chi connectivity index (χ1n) is 40.7. The first-order chi connectivity index (χ1) is 61.4. The van der Waals surface area contributed by atoms with Crippen molar-refractivity contribution in [1.29, 1.82) is 0 Å². The summed E-state index contributed by atoms with van der Waals surface area (Å²) in [6.45, 7) is 36.6. The lowest BCUT2D eigenvalue weighted by atomic mass is 10.3. The van der Waals surface area contributed by atoms with Crippen molar-refractivity contribution < 1.29 is 187 Å². The van der Waals surface area contributed by atoms with Crippen LogP contribution in [-0.4, -0.2) is 263 Å². The lowest BCUT2D eigenvalue weighted by molar-refractivity contribution is -0.696. The molecule has 0 atom stereocenters. The standard InChI is InChI=1S/C26H37N3O9.C18H27N3O6.C16H23N3O5.C10H14O6.C7H9NO3.C6H11N3.C2H5BrO.2BrH/c1-20(2)25(33)37-15-5-7-23(31)35-16-14-29-13-12-28(19-29)11-6-10-27-22(30)8-9-24(32)36-17-18-38-26(34)21(3)4;1-15(2)18(25)27-13-12-26-17(24)5-4-16(23)19-6-3-7-20-8-9-21(14-20)10-11-22;1-13(2)16(22)24-11-10-23-15(21)5-4-14(20)18-6-3-8-19-9-7-17-12-19;1-7(2)10(14)16-6-5-15-9(13)4-3-8(11)12;1-6(2)7(10)11-4-3-8-5-9;7-2-1-4-9-5-3-8-6-9;3-1-2-4;;/h12-13,19H,1,3,5-11,14-18H2,2,4H3;8-9,14,22H,1,3-7,10-13H2,2H3;7,9,12H,1,3-6,8,10-11H2,2H3,(H,18,20);1,3-6H2,2H3,(H,11,12);1,3-4H2,2H3;3,5-6H,1-2,4,7H2;4H,1-2H2;2*1H. The Balaban J connectivity index is -0.000000506. The van der Waals surface area contributed by atoms with E-state index >= 15 is 0 Å². The minimum absolute atomic E-state index is 0. The molecule has 734 valence electrons. The van der Waals surface area contributed by atoms with Gasteiger partial charge in [-0.15, -0.1) is 0 Å². The number of nitrogens with zero attached hydrogens (tertiary/aromatic N) is 9. The molecular formula is C85H128Br3N13O30. The number of ether oxygens (including phenoxy) is 11. The monoisotopic (exact) mass is 2050 g/mol. The van der Waals surface area contributed by atoms with E-state index in [1.165, 1.54) is 33.8 Å². The second kappa shape index (κ2) is 84.8. The highest BCUT2D eigenvalue weighted by molar-refractivity contribution is 9.09. The Hall–Kier alpha value is -12.0. The van der Waals surface area contributed by atoms with Crippen molar-refractivity contribution in [3.8, 4) is 0 Å². The van der Waals surface area contributed by atoms with Crippen molar-refractivity contribution in [1.82, 2.24) is 44.2 Å². The van der Waals surface area contributed by atoms with E-state index in [-0.39, 0.29) is 230 Å². The van der Waals surface area contributed by atoms with E-state index in [0.717, 1.165) is 45.4 Å². The van der Waals surface area contributed by atoms with Gasteiger partial charge in [0.1, 0.15) is 104 Å². The van der Waals surface area contributed by atoms with E-state index in [4.69, 9.17) is 58.9 Å². The summed E-state index contributed by atoms with van der Waals surface area (Å²) in [5.41, 5.74) is 7.04. The second-order valence-corrected chi connectivity index (χ2v) is 27.6. The number of aromatic nitrogens is 8. The predicted octanol–water partition coefficient (Wildman–Crippen LogP) is -2.72. The number of carbonyl (C=O) groups excluding carboxylic acids is 15. The summed E-state index contributed by atoms with van der Waals surface area (Å²) in [6, 6.07) is 0. The maximum absolute atomic E-state index is 11.9. The number of carbonyl (C=O) groups is 15. The number of nitrogens with two attached hydrogens (primary N) is 1. The number of isocyanates is 1. The van der Waals surface area contributed by atoms with Crippen LogP contribution < -0.4 is 64.8 Å². The molecule has 3 amide bonds. The van der Waals surface area contributed by atoms with Gasteiger partial charge in [0, 0.05) is 135 Å². The van der Waals surface area contributed by atoms with Crippen molar-refractivity contribution in [2.45, 2.75) is 171 Å². The summed E-state index contributed by atoms with van der Waals surface area (Å²) in [5, 5.41) is 33.9. The van der Waals surface area contributed by atoms with Crippen LogP contribution >= 0.6 is 15.9 Å². The molecule has 0 saturated carbocycles. The summed E-state index contributed by atoms with van der Waals surface area (Å²) in [6.07, 6.45) is 26.7. The smallest absolute Gasteiger partial charge is 0.333 e. The zero-order chi connectivity index (χ0) is 97.4. The van der Waals surface area contributed by atoms with Gasteiger partial charge in [0.25, 0.3) is 0 Å². The van der Waals surface area contributed by atoms with E-state index in [0.29, 0.717) is 68.6 Å². The van der Waals surface area contributed by atoms with Crippen molar-refractivity contribution in [3.05, 3.63) is 148 Å². The Labute approximate surface area is 791 Å². The Morgan fingerprint density at radius 3 is 1.03 bits per heavy atom. The third-order valence-corrected chi connectivity index (χ3v) is 15.3. The van der Waals surface area contributed by atoms with E-state index in [1.54, 1.807) is 38.9 Å². The van der Waals surface area contributed by atoms with Gasteiger partial charge in [-0.05, 0) is 67.3 Å². The second-order valence-electron chi connectivity index (χ2n) is 26.8.